The lowest BCUT2D eigenvalue weighted by molar-refractivity contribution is 0.954. The van der Waals surface area contributed by atoms with Crippen LogP contribution in [0.2, 0.25) is 0 Å². The second-order valence-corrected chi connectivity index (χ2v) is 14.8. The Balaban J connectivity index is 1.25. The van der Waals surface area contributed by atoms with Gasteiger partial charge in [-0.25, -0.2) is 4.98 Å². The summed E-state index contributed by atoms with van der Waals surface area (Å²) in [7, 11) is 0. The van der Waals surface area contributed by atoms with E-state index in [2.05, 4.69) is 94.1 Å². The van der Waals surface area contributed by atoms with Crippen LogP contribution in [0.3, 0.4) is 0 Å². The van der Waals surface area contributed by atoms with Crippen molar-refractivity contribution in [2.45, 2.75) is 0 Å². The molecule has 0 fully saturated rings. The number of fused-ring (bicyclic) bond motifs is 10. The molecule has 0 spiro atoms. The molecule has 8 aromatic carbocycles. The minimum Gasteiger partial charge on any atom is -0.307 e. The largest absolute Gasteiger partial charge is 0.307 e. The zero-order valence-electron chi connectivity index (χ0n) is 31.6. The SMILES string of the molecule is O=c1c2cc3c4ccccc4n(-c4nc(-c5ccccc5)nc(-c5ccccc5)n4)c3cc2c2ccc3c4ccccc4n(-c4ccccc4)c3c2n1-c1ccccc1. The third-order valence-corrected chi connectivity index (χ3v) is 11.5. The van der Waals surface area contributed by atoms with Crippen LogP contribution in [0.5, 0.6) is 0 Å². The average molecular weight is 757 g/mol. The first-order chi connectivity index (χ1) is 29.2. The van der Waals surface area contributed by atoms with Gasteiger partial charge in [0, 0.05) is 54.8 Å². The van der Waals surface area contributed by atoms with Crippen LogP contribution < -0.4 is 5.56 Å². The van der Waals surface area contributed by atoms with Crippen LogP contribution in [0.15, 0.2) is 199 Å². The van der Waals surface area contributed by atoms with Gasteiger partial charge >= 0.3 is 0 Å². The lowest BCUT2D eigenvalue weighted by Gasteiger charge is -2.17. The van der Waals surface area contributed by atoms with Gasteiger partial charge < -0.3 is 4.57 Å². The van der Waals surface area contributed by atoms with Crippen LogP contribution >= 0.6 is 0 Å². The topological polar surface area (TPSA) is 70.5 Å². The molecule has 0 aliphatic heterocycles. The van der Waals surface area contributed by atoms with E-state index >= 15 is 4.79 Å². The monoisotopic (exact) mass is 756 g/mol. The van der Waals surface area contributed by atoms with Crippen LogP contribution in [-0.2, 0) is 0 Å². The lowest BCUT2D eigenvalue weighted by atomic mass is 10.0. The summed E-state index contributed by atoms with van der Waals surface area (Å²) in [4.78, 5) is 30.7. The van der Waals surface area contributed by atoms with Crippen molar-refractivity contribution in [3.63, 3.8) is 0 Å². The maximum atomic E-state index is 15.4. The molecule has 0 aliphatic rings. The van der Waals surface area contributed by atoms with Crippen LogP contribution in [0.1, 0.15) is 0 Å². The van der Waals surface area contributed by atoms with Gasteiger partial charge in [-0.15, -0.1) is 0 Å². The lowest BCUT2D eigenvalue weighted by Crippen LogP contribution is -2.20. The highest BCUT2D eigenvalue weighted by Crippen LogP contribution is 2.41. The first-order valence-electron chi connectivity index (χ1n) is 19.7. The smallest absolute Gasteiger partial charge is 0.263 e. The predicted octanol–water partition coefficient (Wildman–Crippen LogP) is 11.9. The second kappa shape index (κ2) is 12.9. The Morgan fingerprint density at radius 1 is 0.322 bits per heavy atom. The zero-order valence-corrected chi connectivity index (χ0v) is 31.6. The third-order valence-electron chi connectivity index (χ3n) is 11.5. The predicted molar refractivity (Wildman–Crippen MR) is 240 cm³/mol. The van der Waals surface area contributed by atoms with E-state index in [1.807, 2.05) is 114 Å². The van der Waals surface area contributed by atoms with Crippen molar-refractivity contribution < 1.29 is 0 Å². The van der Waals surface area contributed by atoms with Gasteiger partial charge in [-0.05, 0) is 53.9 Å². The molecule has 276 valence electrons. The van der Waals surface area contributed by atoms with Crippen molar-refractivity contribution >= 4 is 65.3 Å². The first-order valence-corrected chi connectivity index (χ1v) is 19.7. The van der Waals surface area contributed by atoms with Gasteiger partial charge in [0.1, 0.15) is 0 Å². The van der Waals surface area contributed by atoms with Crippen LogP contribution in [0.4, 0.5) is 0 Å². The Kier molecular flexibility index (Phi) is 7.24. The van der Waals surface area contributed by atoms with Crippen molar-refractivity contribution in [2.75, 3.05) is 0 Å². The Morgan fingerprint density at radius 3 is 1.37 bits per heavy atom. The molecule has 7 nitrogen and oxygen atoms in total. The number of nitrogens with zero attached hydrogens (tertiary/aromatic N) is 6. The van der Waals surface area contributed by atoms with E-state index in [0.717, 1.165) is 82.4 Å². The molecule has 0 atom stereocenters. The molecule has 0 N–H and O–H groups in total. The molecule has 0 bridgehead atoms. The van der Waals surface area contributed by atoms with Crippen molar-refractivity contribution in [3.8, 4) is 40.1 Å². The molecule has 12 aromatic rings. The molecule has 4 aromatic heterocycles. The molecule has 4 heterocycles. The highest BCUT2D eigenvalue weighted by molar-refractivity contribution is 6.24. The van der Waals surface area contributed by atoms with E-state index < -0.39 is 0 Å². The summed E-state index contributed by atoms with van der Waals surface area (Å²) in [5.74, 6) is 1.65. The standard InChI is InChI=1S/C52H32N6O/c59-51-43-31-42-38-26-14-16-28-45(38)58(52-54-49(33-17-5-1-6-18-33)53-50(55-52)34-19-7-2-8-20-34)46(42)32-41(43)40-30-29-39-37-25-13-15-27-44(37)56(35-21-9-3-10-22-35)47(39)48(40)57(51)36-23-11-4-12-24-36/h1-32H. The Hall–Kier alpha value is -8.16. The van der Waals surface area contributed by atoms with E-state index in [0.29, 0.717) is 23.0 Å². The average Bonchev–Trinajstić information content (AvgIpc) is 3.82. The van der Waals surface area contributed by atoms with Gasteiger partial charge in [-0.2, -0.15) is 9.97 Å². The fourth-order valence-corrected chi connectivity index (χ4v) is 8.90. The Labute approximate surface area is 337 Å². The number of hydrogen-bond donors (Lipinski definition) is 0. The summed E-state index contributed by atoms with van der Waals surface area (Å²) in [5.41, 5.74) is 8.22. The minimum absolute atomic E-state index is 0.0901. The molecule has 0 radical (unpaired) electrons. The van der Waals surface area contributed by atoms with E-state index in [1.54, 1.807) is 0 Å². The molecule has 12 rings (SSSR count). The van der Waals surface area contributed by atoms with Crippen LogP contribution in [-0.4, -0.2) is 28.7 Å². The molecule has 0 aliphatic carbocycles. The number of pyridine rings is 1. The molecule has 0 saturated carbocycles. The molecule has 59 heavy (non-hydrogen) atoms. The fraction of sp³-hybridized carbons (Fsp3) is 0. The number of para-hydroxylation sites is 4. The van der Waals surface area contributed by atoms with Gasteiger partial charge in [0.15, 0.2) is 11.6 Å². The zero-order chi connectivity index (χ0) is 39.0. The Morgan fingerprint density at radius 2 is 0.780 bits per heavy atom. The number of benzene rings is 8. The Bertz CT molecular complexity index is 3610. The van der Waals surface area contributed by atoms with Crippen LogP contribution in [0, 0.1) is 0 Å². The number of hydrogen-bond acceptors (Lipinski definition) is 4. The fourth-order valence-electron chi connectivity index (χ4n) is 8.90. The van der Waals surface area contributed by atoms with Crippen molar-refractivity contribution in [3.05, 3.63) is 204 Å². The number of rotatable bonds is 5. The summed E-state index contributed by atoms with van der Waals surface area (Å²) in [6.45, 7) is 0. The molecule has 7 heteroatoms. The molecule has 0 amide bonds. The number of aromatic nitrogens is 6. The quantitative estimate of drug-likeness (QED) is 0.164. The highest BCUT2D eigenvalue weighted by atomic mass is 16.1. The molecule has 0 unspecified atom stereocenters. The molecular formula is C52H32N6O. The van der Waals surface area contributed by atoms with E-state index in [-0.39, 0.29) is 5.56 Å². The van der Waals surface area contributed by atoms with Crippen molar-refractivity contribution in [1.29, 1.82) is 0 Å². The maximum Gasteiger partial charge on any atom is 0.263 e. The van der Waals surface area contributed by atoms with Crippen LogP contribution in [0.25, 0.3) is 105 Å². The van der Waals surface area contributed by atoms with Gasteiger partial charge in [0.25, 0.3) is 5.56 Å². The summed E-state index contributed by atoms with van der Waals surface area (Å²) in [6.07, 6.45) is 0. The van der Waals surface area contributed by atoms with E-state index in [4.69, 9.17) is 15.0 Å². The summed E-state index contributed by atoms with van der Waals surface area (Å²) in [6, 6.07) is 65.8. The highest BCUT2D eigenvalue weighted by Gasteiger charge is 2.24. The van der Waals surface area contributed by atoms with E-state index in [1.165, 1.54) is 0 Å². The first kappa shape index (κ1) is 33.0. The summed E-state index contributed by atoms with van der Waals surface area (Å²) in [5, 5.41) is 6.56. The minimum atomic E-state index is -0.0901. The van der Waals surface area contributed by atoms with Gasteiger partial charge in [0.05, 0.1) is 27.6 Å². The third kappa shape index (κ3) is 5.01. The summed E-state index contributed by atoms with van der Waals surface area (Å²) >= 11 is 0. The molecular weight excluding hydrogens is 725 g/mol. The normalized spacial score (nSPS) is 11.8. The maximum absolute atomic E-state index is 15.4. The van der Waals surface area contributed by atoms with E-state index in [9.17, 15) is 0 Å². The van der Waals surface area contributed by atoms with Crippen molar-refractivity contribution in [1.82, 2.24) is 28.7 Å². The van der Waals surface area contributed by atoms with Gasteiger partial charge in [0.2, 0.25) is 5.95 Å². The molecule has 0 saturated heterocycles. The van der Waals surface area contributed by atoms with Gasteiger partial charge in [-0.3, -0.25) is 13.9 Å². The van der Waals surface area contributed by atoms with Crippen molar-refractivity contribution in [2.24, 2.45) is 0 Å². The second-order valence-electron chi connectivity index (χ2n) is 14.8. The summed E-state index contributed by atoms with van der Waals surface area (Å²) < 4.78 is 6.33. The van der Waals surface area contributed by atoms with Gasteiger partial charge in [-0.1, -0.05) is 146 Å².